The Morgan fingerprint density at radius 2 is 1.74 bits per heavy atom. The molecule has 0 saturated carbocycles. The molecule has 100 valence electrons. The highest BCUT2D eigenvalue weighted by Crippen LogP contribution is 2.24. The largest absolute Gasteiger partial charge is 0.301 e. The van der Waals surface area contributed by atoms with Crippen LogP contribution in [0.3, 0.4) is 0 Å². The summed E-state index contributed by atoms with van der Waals surface area (Å²) < 4.78 is 0. The van der Waals surface area contributed by atoms with Crippen LogP contribution in [0, 0.1) is 27.7 Å². The summed E-state index contributed by atoms with van der Waals surface area (Å²) in [6.45, 7) is 8.20. The predicted octanol–water partition coefficient (Wildman–Crippen LogP) is 3.30. The molecule has 0 amide bonds. The molecule has 0 fully saturated rings. The van der Waals surface area contributed by atoms with Gasteiger partial charge in [0.1, 0.15) is 0 Å². The number of aromatic nitrogens is 2. The summed E-state index contributed by atoms with van der Waals surface area (Å²) in [5.74, 6) is 0.824. The minimum atomic E-state index is -0.0904. The summed E-state index contributed by atoms with van der Waals surface area (Å²) in [5.41, 5.74) is 5.85. The smallest absolute Gasteiger partial charge is 0.251 e. The Labute approximate surface area is 117 Å². The van der Waals surface area contributed by atoms with Gasteiger partial charge in [0.05, 0.1) is 0 Å². The molecule has 4 heteroatoms. The molecular weight excluding hydrogens is 256 g/mol. The molecule has 0 aliphatic heterocycles. The third-order valence-corrected chi connectivity index (χ3v) is 3.94. The SMILES string of the molecule is Cc1cc(C)c(CSc2nc(C)cc(=O)[nH]2)c(C)c1. The fraction of sp³-hybridized carbons (Fsp3) is 0.333. The summed E-state index contributed by atoms with van der Waals surface area (Å²) >= 11 is 1.57. The van der Waals surface area contributed by atoms with E-state index in [0.717, 1.165) is 11.4 Å². The lowest BCUT2D eigenvalue weighted by molar-refractivity contribution is 0.904. The van der Waals surface area contributed by atoms with Crippen molar-refractivity contribution in [2.75, 3.05) is 0 Å². The van der Waals surface area contributed by atoms with Crippen molar-refractivity contribution in [1.29, 1.82) is 0 Å². The topological polar surface area (TPSA) is 45.8 Å². The van der Waals surface area contributed by atoms with Gasteiger partial charge in [-0.3, -0.25) is 4.79 Å². The van der Waals surface area contributed by atoms with E-state index >= 15 is 0 Å². The maximum absolute atomic E-state index is 11.4. The molecule has 1 N–H and O–H groups in total. The zero-order valence-corrected chi connectivity index (χ0v) is 12.5. The molecule has 0 atom stereocenters. The summed E-state index contributed by atoms with van der Waals surface area (Å²) in [7, 11) is 0. The van der Waals surface area contributed by atoms with Crippen molar-refractivity contribution in [3.8, 4) is 0 Å². The highest BCUT2D eigenvalue weighted by atomic mass is 32.2. The van der Waals surface area contributed by atoms with E-state index in [1.54, 1.807) is 11.8 Å². The second-order valence-corrected chi connectivity index (χ2v) is 5.82. The van der Waals surface area contributed by atoms with E-state index in [-0.39, 0.29) is 5.56 Å². The number of hydrogen-bond acceptors (Lipinski definition) is 3. The molecule has 0 unspecified atom stereocenters. The molecule has 19 heavy (non-hydrogen) atoms. The minimum absolute atomic E-state index is 0.0904. The van der Waals surface area contributed by atoms with Crippen LogP contribution >= 0.6 is 11.8 Å². The Hall–Kier alpha value is -1.55. The number of aromatic amines is 1. The van der Waals surface area contributed by atoms with Crippen molar-refractivity contribution in [2.24, 2.45) is 0 Å². The standard InChI is InChI=1S/C15H18N2OS/c1-9-5-10(2)13(11(3)6-9)8-19-15-16-12(4)7-14(18)17-15/h5-7H,8H2,1-4H3,(H,16,17,18). The number of hydrogen-bond donors (Lipinski definition) is 1. The van der Waals surface area contributed by atoms with Crippen LogP contribution in [0.5, 0.6) is 0 Å². The number of benzene rings is 1. The average Bonchev–Trinajstić information content (AvgIpc) is 2.25. The van der Waals surface area contributed by atoms with Gasteiger partial charge in [-0.2, -0.15) is 0 Å². The fourth-order valence-electron chi connectivity index (χ4n) is 2.20. The van der Waals surface area contributed by atoms with E-state index in [9.17, 15) is 4.79 Å². The molecular formula is C15H18N2OS. The lowest BCUT2D eigenvalue weighted by atomic mass is 10.0. The van der Waals surface area contributed by atoms with Gasteiger partial charge in [0.2, 0.25) is 0 Å². The first-order chi connectivity index (χ1) is 8.95. The highest BCUT2D eigenvalue weighted by molar-refractivity contribution is 7.98. The van der Waals surface area contributed by atoms with Gasteiger partial charge < -0.3 is 4.98 Å². The van der Waals surface area contributed by atoms with Gasteiger partial charge >= 0.3 is 0 Å². The molecule has 0 aliphatic rings. The van der Waals surface area contributed by atoms with Crippen LogP contribution in [-0.2, 0) is 5.75 Å². The van der Waals surface area contributed by atoms with Gasteiger partial charge in [-0.25, -0.2) is 4.98 Å². The number of thioether (sulfide) groups is 1. The first-order valence-electron chi connectivity index (χ1n) is 6.23. The van der Waals surface area contributed by atoms with Crippen LogP contribution in [0.2, 0.25) is 0 Å². The predicted molar refractivity (Wildman–Crippen MR) is 79.8 cm³/mol. The van der Waals surface area contributed by atoms with Gasteiger partial charge in [-0.1, -0.05) is 29.5 Å². The van der Waals surface area contributed by atoms with Crippen molar-refractivity contribution in [1.82, 2.24) is 9.97 Å². The number of H-pyrrole nitrogens is 1. The molecule has 1 aromatic heterocycles. The van der Waals surface area contributed by atoms with Crippen molar-refractivity contribution in [2.45, 2.75) is 38.6 Å². The summed E-state index contributed by atoms with van der Waals surface area (Å²) in [5, 5.41) is 0.685. The van der Waals surface area contributed by atoms with Gasteiger partial charge in [0.25, 0.3) is 5.56 Å². The Bertz CT molecular complexity index is 638. The van der Waals surface area contributed by atoms with Crippen molar-refractivity contribution in [3.63, 3.8) is 0 Å². The van der Waals surface area contributed by atoms with E-state index in [2.05, 4.69) is 42.9 Å². The second kappa shape index (κ2) is 5.61. The van der Waals surface area contributed by atoms with Gasteiger partial charge in [0.15, 0.2) is 5.16 Å². The van der Waals surface area contributed by atoms with E-state index in [4.69, 9.17) is 0 Å². The van der Waals surface area contributed by atoms with E-state index < -0.39 is 0 Å². The molecule has 0 aliphatic carbocycles. The Morgan fingerprint density at radius 3 is 2.32 bits per heavy atom. The highest BCUT2D eigenvalue weighted by Gasteiger charge is 2.06. The summed E-state index contributed by atoms with van der Waals surface area (Å²) in [4.78, 5) is 18.5. The number of aryl methyl sites for hydroxylation is 4. The van der Waals surface area contributed by atoms with Gasteiger partial charge in [0, 0.05) is 17.5 Å². The molecule has 1 heterocycles. The molecule has 0 saturated heterocycles. The fourth-order valence-corrected chi connectivity index (χ4v) is 3.32. The van der Waals surface area contributed by atoms with Crippen LogP contribution in [0.4, 0.5) is 0 Å². The zero-order valence-electron chi connectivity index (χ0n) is 11.7. The first kappa shape index (κ1) is 13.9. The Morgan fingerprint density at radius 1 is 1.11 bits per heavy atom. The third kappa shape index (κ3) is 3.47. The zero-order chi connectivity index (χ0) is 14.0. The third-order valence-electron chi connectivity index (χ3n) is 3.04. The second-order valence-electron chi connectivity index (χ2n) is 4.86. The van der Waals surface area contributed by atoms with E-state index in [0.29, 0.717) is 5.16 Å². The minimum Gasteiger partial charge on any atom is -0.301 e. The maximum Gasteiger partial charge on any atom is 0.251 e. The van der Waals surface area contributed by atoms with E-state index in [1.807, 2.05) is 6.92 Å². The van der Waals surface area contributed by atoms with E-state index in [1.165, 1.54) is 28.3 Å². The van der Waals surface area contributed by atoms with Crippen LogP contribution in [0.15, 0.2) is 28.2 Å². The lowest BCUT2D eigenvalue weighted by Crippen LogP contribution is -2.08. The maximum atomic E-state index is 11.4. The average molecular weight is 274 g/mol. The van der Waals surface area contributed by atoms with Gasteiger partial charge in [-0.15, -0.1) is 0 Å². The molecule has 0 spiro atoms. The van der Waals surface area contributed by atoms with Gasteiger partial charge in [-0.05, 0) is 44.4 Å². The van der Waals surface area contributed by atoms with Crippen molar-refractivity contribution in [3.05, 3.63) is 56.5 Å². The first-order valence-corrected chi connectivity index (χ1v) is 7.22. The summed E-state index contributed by atoms with van der Waals surface area (Å²) in [6.07, 6.45) is 0. The number of nitrogens with one attached hydrogen (secondary N) is 1. The normalized spacial score (nSPS) is 10.7. The van der Waals surface area contributed by atoms with Crippen LogP contribution < -0.4 is 5.56 Å². The van der Waals surface area contributed by atoms with Crippen molar-refractivity contribution < 1.29 is 0 Å². The van der Waals surface area contributed by atoms with Crippen LogP contribution in [0.25, 0.3) is 0 Å². The monoisotopic (exact) mass is 274 g/mol. The van der Waals surface area contributed by atoms with Crippen LogP contribution in [-0.4, -0.2) is 9.97 Å². The molecule has 0 bridgehead atoms. The Balaban J connectivity index is 2.21. The van der Waals surface area contributed by atoms with Crippen LogP contribution in [0.1, 0.15) is 27.9 Å². The molecule has 0 radical (unpaired) electrons. The molecule has 2 aromatic rings. The molecule has 2 rings (SSSR count). The summed E-state index contributed by atoms with van der Waals surface area (Å²) in [6, 6.07) is 5.89. The Kier molecular flexibility index (Phi) is 4.10. The lowest BCUT2D eigenvalue weighted by Gasteiger charge is -2.10. The number of nitrogens with zero attached hydrogens (tertiary/aromatic N) is 1. The molecule has 3 nitrogen and oxygen atoms in total. The quantitative estimate of drug-likeness (QED) is 0.690. The number of rotatable bonds is 3. The molecule has 1 aromatic carbocycles. The van der Waals surface area contributed by atoms with Crippen molar-refractivity contribution >= 4 is 11.8 Å².